The van der Waals surface area contributed by atoms with Gasteiger partial charge in [0.15, 0.2) is 11.2 Å². The van der Waals surface area contributed by atoms with Gasteiger partial charge in [-0.05, 0) is 72.1 Å². The summed E-state index contributed by atoms with van der Waals surface area (Å²) in [6.07, 6.45) is 3.60. The van der Waals surface area contributed by atoms with Crippen LogP contribution in [0.4, 0.5) is 0 Å². The van der Waals surface area contributed by atoms with E-state index in [2.05, 4.69) is 34.3 Å². The van der Waals surface area contributed by atoms with Crippen LogP contribution in [0.25, 0.3) is 57.3 Å². The van der Waals surface area contributed by atoms with Crippen LogP contribution in [0.2, 0.25) is 0 Å². The summed E-state index contributed by atoms with van der Waals surface area (Å²) < 4.78 is 11.8. The van der Waals surface area contributed by atoms with Gasteiger partial charge in [0.1, 0.15) is 11.0 Å². The summed E-state index contributed by atoms with van der Waals surface area (Å²) in [5, 5.41) is 9.79. The Balaban J connectivity index is 1.18. The van der Waals surface area contributed by atoms with Gasteiger partial charge >= 0.3 is 0 Å². The second-order valence-corrected chi connectivity index (χ2v) is 8.49. The number of aliphatic hydroxyl groups is 1. The normalized spacial score (nSPS) is 12.6. The van der Waals surface area contributed by atoms with E-state index >= 15 is 0 Å². The van der Waals surface area contributed by atoms with E-state index in [9.17, 15) is 5.11 Å². The van der Waals surface area contributed by atoms with Crippen molar-refractivity contribution < 1.29 is 13.9 Å². The average Bonchev–Trinajstić information content (AvgIpc) is 3.52. The molecule has 1 atom stereocenters. The van der Waals surface area contributed by atoms with Crippen molar-refractivity contribution in [1.29, 1.82) is 0 Å². The topological polar surface area (TPSA) is 72.3 Å². The Morgan fingerprint density at radius 3 is 1.77 bits per heavy atom. The highest BCUT2D eigenvalue weighted by molar-refractivity contribution is 5.78. The van der Waals surface area contributed by atoms with E-state index in [4.69, 9.17) is 8.83 Å². The van der Waals surface area contributed by atoms with Gasteiger partial charge in [0.2, 0.25) is 11.8 Å². The highest BCUT2D eigenvalue weighted by Gasteiger charge is 2.11. The number of para-hydroxylation sites is 2. The first-order valence-electron chi connectivity index (χ1n) is 11.5. The Kier molecular flexibility index (Phi) is 5.24. The second kappa shape index (κ2) is 8.70. The third kappa shape index (κ3) is 4.25. The molecule has 0 aliphatic heterocycles. The molecule has 2 heterocycles. The maximum atomic E-state index is 9.79. The summed E-state index contributed by atoms with van der Waals surface area (Å²) in [5.41, 5.74) is 7.91. The van der Waals surface area contributed by atoms with Gasteiger partial charge in [-0.15, -0.1) is 0 Å². The monoisotopic (exact) mass is 458 g/mol. The molecule has 6 rings (SSSR count). The molecule has 4 aromatic carbocycles. The molecule has 1 N–H and O–H groups in total. The fourth-order valence-electron chi connectivity index (χ4n) is 3.99. The zero-order valence-corrected chi connectivity index (χ0v) is 19.1. The quantitative estimate of drug-likeness (QED) is 0.270. The standard InChI is InChI=1S/C30H22N2O3/c1-19(33)24-16-17-26-28(18-24)35-30(32-26)23-14-10-21(11-15-23)7-6-20-8-12-22(13-9-20)29-31-25-4-2-3-5-27(25)34-29/h2-19,33H,1H3/b7-6+. The van der Waals surface area contributed by atoms with Crippen LogP contribution < -0.4 is 0 Å². The summed E-state index contributed by atoms with van der Waals surface area (Å²) in [5.74, 6) is 1.19. The smallest absolute Gasteiger partial charge is 0.227 e. The van der Waals surface area contributed by atoms with Crippen LogP contribution >= 0.6 is 0 Å². The molecule has 0 saturated heterocycles. The van der Waals surface area contributed by atoms with Crippen molar-refractivity contribution in [3.05, 3.63) is 108 Å². The van der Waals surface area contributed by atoms with Gasteiger partial charge in [-0.1, -0.05) is 54.6 Å². The first kappa shape index (κ1) is 21.1. The van der Waals surface area contributed by atoms with Gasteiger partial charge in [-0.2, -0.15) is 0 Å². The van der Waals surface area contributed by atoms with E-state index in [0.717, 1.165) is 44.4 Å². The lowest BCUT2D eigenvalue weighted by molar-refractivity contribution is 0.199. The van der Waals surface area contributed by atoms with Crippen molar-refractivity contribution in [2.75, 3.05) is 0 Å². The number of aliphatic hydroxyl groups excluding tert-OH is 1. The number of fused-ring (bicyclic) bond motifs is 2. The SMILES string of the molecule is CC(O)c1ccc2nc(-c3ccc(/C=C/c4ccc(-c5nc6ccccc6o5)cc4)cc3)oc2c1. The lowest BCUT2D eigenvalue weighted by Gasteiger charge is -2.02. The van der Waals surface area contributed by atoms with Crippen molar-refractivity contribution in [2.45, 2.75) is 13.0 Å². The highest BCUT2D eigenvalue weighted by atomic mass is 16.4. The number of rotatable bonds is 5. The molecule has 35 heavy (non-hydrogen) atoms. The number of hydrogen-bond donors (Lipinski definition) is 1. The molecular weight excluding hydrogens is 436 g/mol. The van der Waals surface area contributed by atoms with Gasteiger partial charge in [-0.3, -0.25) is 0 Å². The summed E-state index contributed by atoms with van der Waals surface area (Å²) in [7, 11) is 0. The van der Waals surface area contributed by atoms with Crippen LogP contribution in [-0.4, -0.2) is 15.1 Å². The predicted octanol–water partition coefficient (Wildman–Crippen LogP) is 7.53. The first-order chi connectivity index (χ1) is 17.1. The van der Waals surface area contributed by atoms with E-state index in [1.807, 2.05) is 78.9 Å². The lowest BCUT2D eigenvalue weighted by atomic mass is 10.1. The van der Waals surface area contributed by atoms with Crippen molar-refractivity contribution in [2.24, 2.45) is 0 Å². The molecular formula is C30H22N2O3. The molecule has 2 aromatic heterocycles. The second-order valence-electron chi connectivity index (χ2n) is 8.49. The summed E-state index contributed by atoms with van der Waals surface area (Å²) in [6.45, 7) is 1.73. The first-order valence-corrected chi connectivity index (χ1v) is 11.5. The van der Waals surface area contributed by atoms with Gasteiger partial charge < -0.3 is 13.9 Å². The Morgan fingerprint density at radius 2 is 1.20 bits per heavy atom. The van der Waals surface area contributed by atoms with Gasteiger partial charge in [0, 0.05) is 11.1 Å². The van der Waals surface area contributed by atoms with Gasteiger partial charge in [0.25, 0.3) is 0 Å². The molecule has 0 spiro atoms. The lowest BCUT2D eigenvalue weighted by Crippen LogP contribution is -1.89. The number of benzene rings is 4. The van der Waals surface area contributed by atoms with E-state index in [0.29, 0.717) is 17.4 Å². The molecule has 0 amide bonds. The van der Waals surface area contributed by atoms with E-state index in [-0.39, 0.29) is 0 Å². The third-order valence-electron chi connectivity index (χ3n) is 5.97. The minimum absolute atomic E-state index is 0.544. The van der Waals surface area contributed by atoms with E-state index < -0.39 is 6.10 Å². The van der Waals surface area contributed by atoms with E-state index in [1.165, 1.54) is 0 Å². The molecule has 1 unspecified atom stereocenters. The molecule has 0 saturated carbocycles. The van der Waals surface area contributed by atoms with E-state index in [1.54, 1.807) is 6.92 Å². The van der Waals surface area contributed by atoms with Crippen LogP contribution in [-0.2, 0) is 0 Å². The minimum atomic E-state index is -0.544. The average molecular weight is 459 g/mol. The molecule has 0 fully saturated rings. The Bertz CT molecular complexity index is 1620. The summed E-state index contributed by atoms with van der Waals surface area (Å²) in [4.78, 5) is 9.13. The highest BCUT2D eigenvalue weighted by Crippen LogP contribution is 2.28. The van der Waals surface area contributed by atoms with Crippen molar-refractivity contribution in [3.8, 4) is 22.9 Å². The molecule has 5 heteroatoms. The molecule has 170 valence electrons. The molecule has 0 aliphatic rings. The van der Waals surface area contributed by atoms with Crippen LogP contribution in [0.3, 0.4) is 0 Å². The Hall–Kier alpha value is -4.48. The predicted molar refractivity (Wildman–Crippen MR) is 138 cm³/mol. The number of aromatic nitrogens is 2. The van der Waals surface area contributed by atoms with Crippen LogP contribution in [0.1, 0.15) is 29.7 Å². The Morgan fingerprint density at radius 1 is 0.657 bits per heavy atom. The third-order valence-corrected chi connectivity index (χ3v) is 5.97. The zero-order valence-electron chi connectivity index (χ0n) is 19.1. The number of nitrogens with zero attached hydrogens (tertiary/aromatic N) is 2. The molecule has 0 bridgehead atoms. The molecule has 6 aromatic rings. The van der Waals surface area contributed by atoms with Crippen LogP contribution in [0, 0.1) is 0 Å². The molecule has 0 aliphatic carbocycles. The number of oxazole rings is 2. The maximum Gasteiger partial charge on any atom is 0.227 e. The van der Waals surface area contributed by atoms with Crippen LogP contribution in [0.5, 0.6) is 0 Å². The fraction of sp³-hybridized carbons (Fsp3) is 0.0667. The fourth-order valence-corrected chi connectivity index (χ4v) is 3.99. The van der Waals surface area contributed by atoms with Crippen LogP contribution in [0.15, 0.2) is 99.8 Å². The number of hydrogen-bond acceptors (Lipinski definition) is 5. The molecule has 5 nitrogen and oxygen atoms in total. The van der Waals surface area contributed by atoms with Crippen molar-refractivity contribution in [3.63, 3.8) is 0 Å². The van der Waals surface area contributed by atoms with Gasteiger partial charge in [-0.25, -0.2) is 9.97 Å². The summed E-state index contributed by atoms with van der Waals surface area (Å²) in [6, 6.07) is 29.5. The molecule has 0 radical (unpaired) electrons. The van der Waals surface area contributed by atoms with Crippen molar-refractivity contribution >= 4 is 34.4 Å². The van der Waals surface area contributed by atoms with Crippen molar-refractivity contribution in [1.82, 2.24) is 9.97 Å². The largest absolute Gasteiger partial charge is 0.436 e. The maximum absolute atomic E-state index is 9.79. The zero-order chi connectivity index (χ0) is 23.8. The Labute approximate surface area is 202 Å². The minimum Gasteiger partial charge on any atom is -0.436 e. The summed E-state index contributed by atoms with van der Waals surface area (Å²) >= 11 is 0. The van der Waals surface area contributed by atoms with Gasteiger partial charge in [0.05, 0.1) is 6.10 Å².